The van der Waals surface area contributed by atoms with Gasteiger partial charge in [-0.1, -0.05) is 25.5 Å². The summed E-state index contributed by atoms with van der Waals surface area (Å²) in [5, 5.41) is 12.5. The largest absolute Gasteiger partial charge is 0.508 e. The van der Waals surface area contributed by atoms with E-state index in [1.54, 1.807) is 18.5 Å². The van der Waals surface area contributed by atoms with Crippen LogP contribution in [0.15, 0.2) is 36.7 Å². The Morgan fingerprint density at radius 3 is 2.63 bits per heavy atom. The quantitative estimate of drug-likeness (QED) is 0.835. The molecule has 1 aromatic carbocycles. The highest BCUT2D eigenvalue weighted by Gasteiger charge is 1.98. The fraction of sp³-hybridized carbons (Fsp3) is 0.333. The predicted octanol–water partition coefficient (Wildman–Crippen LogP) is 2.79. The molecule has 100 valence electrons. The van der Waals surface area contributed by atoms with Crippen molar-refractivity contribution < 1.29 is 5.11 Å². The van der Waals surface area contributed by atoms with E-state index in [-0.39, 0.29) is 0 Å². The van der Waals surface area contributed by atoms with Gasteiger partial charge in [-0.3, -0.25) is 0 Å². The summed E-state index contributed by atoms with van der Waals surface area (Å²) < 4.78 is 0. The molecule has 0 radical (unpaired) electrons. The van der Waals surface area contributed by atoms with Gasteiger partial charge in [0.1, 0.15) is 17.9 Å². The lowest BCUT2D eigenvalue weighted by Crippen LogP contribution is -2.07. The van der Waals surface area contributed by atoms with Crippen molar-refractivity contribution >= 4 is 5.82 Å². The normalized spacial score (nSPS) is 10.4. The Morgan fingerprint density at radius 2 is 1.89 bits per heavy atom. The van der Waals surface area contributed by atoms with Gasteiger partial charge in [-0.25, -0.2) is 9.97 Å². The molecule has 19 heavy (non-hydrogen) atoms. The monoisotopic (exact) mass is 257 g/mol. The van der Waals surface area contributed by atoms with E-state index in [1.165, 1.54) is 5.56 Å². The lowest BCUT2D eigenvalue weighted by atomic mass is 10.1. The summed E-state index contributed by atoms with van der Waals surface area (Å²) in [5.41, 5.74) is 2.26. The molecule has 2 aromatic rings. The summed E-state index contributed by atoms with van der Waals surface area (Å²) in [4.78, 5) is 8.43. The van der Waals surface area contributed by atoms with Crippen LogP contribution in [0.2, 0.25) is 0 Å². The van der Waals surface area contributed by atoms with Crippen molar-refractivity contribution in [2.45, 2.75) is 26.2 Å². The second kappa shape index (κ2) is 6.73. The van der Waals surface area contributed by atoms with Crippen LogP contribution in [0.1, 0.15) is 24.6 Å². The lowest BCUT2D eigenvalue weighted by Gasteiger charge is -2.07. The van der Waals surface area contributed by atoms with Gasteiger partial charge >= 0.3 is 0 Å². The van der Waals surface area contributed by atoms with Gasteiger partial charge in [-0.05, 0) is 30.5 Å². The van der Waals surface area contributed by atoms with Gasteiger partial charge in [0.05, 0.1) is 0 Å². The van der Waals surface area contributed by atoms with Gasteiger partial charge in [0.2, 0.25) is 0 Å². The van der Waals surface area contributed by atoms with E-state index < -0.39 is 0 Å². The molecule has 0 fully saturated rings. The van der Waals surface area contributed by atoms with E-state index in [0.29, 0.717) is 5.75 Å². The number of phenolic OH excluding ortho intramolecular Hbond substituents is 1. The molecule has 0 aliphatic rings. The standard InChI is InChI=1S/C15H19N3O/c1-2-3-13-10-15(18-11-17-13)16-9-8-12-4-6-14(19)7-5-12/h4-7,10-11,19H,2-3,8-9H2,1H3,(H,16,17,18). The highest BCUT2D eigenvalue weighted by molar-refractivity contribution is 5.35. The van der Waals surface area contributed by atoms with E-state index >= 15 is 0 Å². The van der Waals surface area contributed by atoms with Gasteiger partial charge in [0.15, 0.2) is 0 Å². The summed E-state index contributed by atoms with van der Waals surface area (Å²) in [7, 11) is 0. The fourth-order valence-electron chi connectivity index (χ4n) is 1.88. The molecule has 0 saturated heterocycles. The fourth-order valence-corrected chi connectivity index (χ4v) is 1.88. The topological polar surface area (TPSA) is 58.0 Å². The molecule has 0 aliphatic heterocycles. The van der Waals surface area contributed by atoms with E-state index in [2.05, 4.69) is 22.2 Å². The number of phenols is 1. The van der Waals surface area contributed by atoms with Gasteiger partial charge in [-0.15, -0.1) is 0 Å². The van der Waals surface area contributed by atoms with Gasteiger partial charge in [0.25, 0.3) is 0 Å². The molecule has 0 spiro atoms. The van der Waals surface area contributed by atoms with Crippen LogP contribution in [0.3, 0.4) is 0 Å². The van der Waals surface area contributed by atoms with E-state index in [0.717, 1.165) is 37.3 Å². The van der Waals surface area contributed by atoms with Crippen molar-refractivity contribution in [2.24, 2.45) is 0 Å². The summed E-state index contributed by atoms with van der Waals surface area (Å²) in [6, 6.07) is 9.28. The summed E-state index contributed by atoms with van der Waals surface area (Å²) in [6.45, 7) is 2.95. The van der Waals surface area contributed by atoms with Crippen molar-refractivity contribution in [1.82, 2.24) is 9.97 Å². The highest BCUT2D eigenvalue weighted by Crippen LogP contribution is 2.11. The number of benzene rings is 1. The maximum Gasteiger partial charge on any atom is 0.129 e. The lowest BCUT2D eigenvalue weighted by molar-refractivity contribution is 0.475. The Morgan fingerprint density at radius 1 is 1.11 bits per heavy atom. The smallest absolute Gasteiger partial charge is 0.129 e. The summed E-state index contributed by atoms with van der Waals surface area (Å²) in [5.74, 6) is 1.17. The summed E-state index contributed by atoms with van der Waals surface area (Å²) >= 11 is 0. The van der Waals surface area contributed by atoms with Crippen molar-refractivity contribution in [3.63, 3.8) is 0 Å². The van der Waals surface area contributed by atoms with Crippen LogP contribution in [0.4, 0.5) is 5.82 Å². The van der Waals surface area contributed by atoms with Crippen molar-refractivity contribution in [2.75, 3.05) is 11.9 Å². The maximum absolute atomic E-state index is 9.21. The van der Waals surface area contributed by atoms with Crippen molar-refractivity contribution in [3.05, 3.63) is 47.9 Å². The molecule has 4 heteroatoms. The van der Waals surface area contributed by atoms with Gasteiger partial charge in [0, 0.05) is 18.3 Å². The van der Waals surface area contributed by atoms with Crippen molar-refractivity contribution in [1.29, 1.82) is 0 Å². The molecule has 2 rings (SSSR count). The van der Waals surface area contributed by atoms with Crippen LogP contribution in [-0.2, 0) is 12.8 Å². The molecule has 1 heterocycles. The van der Waals surface area contributed by atoms with E-state index in [1.807, 2.05) is 18.2 Å². The third-order valence-electron chi connectivity index (χ3n) is 2.89. The Kier molecular flexibility index (Phi) is 4.72. The third kappa shape index (κ3) is 4.25. The number of anilines is 1. The number of nitrogens with one attached hydrogen (secondary N) is 1. The molecule has 4 nitrogen and oxygen atoms in total. The average molecular weight is 257 g/mol. The van der Waals surface area contributed by atoms with Crippen LogP contribution >= 0.6 is 0 Å². The molecule has 1 aromatic heterocycles. The van der Waals surface area contributed by atoms with Gasteiger partial charge in [-0.2, -0.15) is 0 Å². The first-order valence-corrected chi connectivity index (χ1v) is 6.60. The maximum atomic E-state index is 9.21. The number of aromatic hydroxyl groups is 1. The molecule has 0 bridgehead atoms. The second-order valence-electron chi connectivity index (χ2n) is 4.49. The minimum atomic E-state index is 0.303. The zero-order chi connectivity index (χ0) is 13.5. The zero-order valence-electron chi connectivity index (χ0n) is 11.1. The van der Waals surface area contributed by atoms with Crippen LogP contribution in [0.25, 0.3) is 0 Å². The molecule has 0 atom stereocenters. The first-order chi connectivity index (χ1) is 9.28. The summed E-state index contributed by atoms with van der Waals surface area (Å²) in [6.07, 6.45) is 4.57. The molecule has 0 saturated carbocycles. The van der Waals surface area contributed by atoms with Crippen LogP contribution in [0.5, 0.6) is 5.75 Å². The number of rotatable bonds is 6. The molecule has 0 aliphatic carbocycles. The number of hydrogen-bond donors (Lipinski definition) is 2. The first kappa shape index (κ1) is 13.3. The SMILES string of the molecule is CCCc1cc(NCCc2ccc(O)cc2)ncn1. The molecule has 0 amide bonds. The predicted molar refractivity (Wildman–Crippen MR) is 76.3 cm³/mol. The van der Waals surface area contributed by atoms with E-state index in [4.69, 9.17) is 0 Å². The highest BCUT2D eigenvalue weighted by atomic mass is 16.3. The molecular formula is C15H19N3O. The van der Waals surface area contributed by atoms with Gasteiger partial charge < -0.3 is 10.4 Å². The van der Waals surface area contributed by atoms with Crippen LogP contribution in [-0.4, -0.2) is 21.6 Å². The Labute approximate surface area is 113 Å². The average Bonchev–Trinajstić information content (AvgIpc) is 2.42. The number of aromatic nitrogens is 2. The van der Waals surface area contributed by atoms with Crippen LogP contribution in [0, 0.1) is 0 Å². The number of aryl methyl sites for hydroxylation is 1. The van der Waals surface area contributed by atoms with E-state index in [9.17, 15) is 5.11 Å². The zero-order valence-corrected chi connectivity index (χ0v) is 11.1. The number of hydrogen-bond acceptors (Lipinski definition) is 4. The Balaban J connectivity index is 1.85. The minimum Gasteiger partial charge on any atom is -0.508 e. The molecular weight excluding hydrogens is 238 g/mol. The molecule has 2 N–H and O–H groups in total. The Bertz CT molecular complexity index is 511. The first-order valence-electron chi connectivity index (χ1n) is 6.60. The van der Waals surface area contributed by atoms with Crippen molar-refractivity contribution in [3.8, 4) is 5.75 Å². The molecule has 0 unspecified atom stereocenters. The van der Waals surface area contributed by atoms with Crippen LogP contribution < -0.4 is 5.32 Å². The number of nitrogens with zero attached hydrogens (tertiary/aromatic N) is 2. The second-order valence-corrected chi connectivity index (χ2v) is 4.49. The Hall–Kier alpha value is -2.10. The third-order valence-corrected chi connectivity index (χ3v) is 2.89. The minimum absolute atomic E-state index is 0.303.